The first-order valence-corrected chi connectivity index (χ1v) is 7.94. The Morgan fingerprint density at radius 2 is 2.16 bits per heavy atom. The van der Waals surface area contributed by atoms with Crippen molar-refractivity contribution < 1.29 is 9.90 Å². The predicted molar refractivity (Wildman–Crippen MR) is 79.3 cm³/mol. The summed E-state index contributed by atoms with van der Waals surface area (Å²) >= 11 is 1.75. The van der Waals surface area contributed by atoms with Crippen LogP contribution in [0.3, 0.4) is 0 Å². The third kappa shape index (κ3) is 4.88. The van der Waals surface area contributed by atoms with Crippen LogP contribution in [0.15, 0.2) is 30.3 Å². The molecule has 2 rings (SSSR count). The highest BCUT2D eigenvalue weighted by Crippen LogP contribution is 2.26. The second-order valence-electron chi connectivity index (χ2n) is 5.14. The molecule has 0 aliphatic carbocycles. The van der Waals surface area contributed by atoms with E-state index in [4.69, 9.17) is 0 Å². The minimum absolute atomic E-state index is 0.0428. The molecule has 104 valence electrons. The molecule has 1 unspecified atom stereocenters. The van der Waals surface area contributed by atoms with E-state index in [9.17, 15) is 9.90 Å². The van der Waals surface area contributed by atoms with Crippen LogP contribution >= 0.6 is 11.8 Å². The molecule has 0 saturated carbocycles. The minimum Gasteiger partial charge on any atom is -0.387 e. The average Bonchev–Trinajstić information content (AvgIpc) is 2.85. The van der Waals surface area contributed by atoms with E-state index in [1.54, 1.807) is 11.8 Å². The second kappa shape index (κ2) is 6.96. The van der Waals surface area contributed by atoms with Crippen molar-refractivity contribution >= 4 is 17.7 Å². The molecule has 1 heterocycles. The molecule has 2 N–H and O–H groups in total. The standard InChI is InChI=1S/C15H21NO2S/c17-14(16-11-15(18)9-10-19-12-15)8-4-7-13-5-2-1-3-6-13/h1-3,5-6,18H,4,7-12H2,(H,16,17). The van der Waals surface area contributed by atoms with Crippen LogP contribution in [-0.4, -0.2) is 34.7 Å². The maximum atomic E-state index is 11.7. The summed E-state index contributed by atoms with van der Waals surface area (Å²) in [5.41, 5.74) is 0.584. The van der Waals surface area contributed by atoms with Gasteiger partial charge in [-0.25, -0.2) is 0 Å². The van der Waals surface area contributed by atoms with Gasteiger partial charge in [-0.05, 0) is 30.6 Å². The minimum atomic E-state index is -0.681. The Labute approximate surface area is 118 Å². The van der Waals surface area contributed by atoms with Crippen molar-refractivity contribution in [1.82, 2.24) is 5.32 Å². The summed E-state index contributed by atoms with van der Waals surface area (Å²) in [6, 6.07) is 10.2. The van der Waals surface area contributed by atoms with Gasteiger partial charge in [-0.2, -0.15) is 11.8 Å². The lowest BCUT2D eigenvalue weighted by molar-refractivity contribution is -0.122. The molecule has 0 bridgehead atoms. The van der Waals surface area contributed by atoms with Crippen LogP contribution in [-0.2, 0) is 11.2 Å². The summed E-state index contributed by atoms with van der Waals surface area (Å²) in [6.07, 6.45) is 3.08. The highest BCUT2D eigenvalue weighted by atomic mass is 32.2. The van der Waals surface area contributed by atoms with Crippen molar-refractivity contribution in [2.75, 3.05) is 18.1 Å². The van der Waals surface area contributed by atoms with E-state index >= 15 is 0 Å². The van der Waals surface area contributed by atoms with E-state index in [-0.39, 0.29) is 5.91 Å². The number of aliphatic hydroxyl groups is 1. The van der Waals surface area contributed by atoms with E-state index in [0.29, 0.717) is 13.0 Å². The molecule has 0 aromatic heterocycles. The Bertz CT molecular complexity index is 402. The molecule has 1 aromatic carbocycles. The number of carbonyl (C=O) groups excluding carboxylic acids is 1. The molecule has 1 saturated heterocycles. The molecular weight excluding hydrogens is 258 g/mol. The molecule has 0 spiro atoms. The van der Waals surface area contributed by atoms with Crippen molar-refractivity contribution in [1.29, 1.82) is 0 Å². The maximum Gasteiger partial charge on any atom is 0.220 e. The third-order valence-corrected chi connectivity index (χ3v) is 4.64. The van der Waals surface area contributed by atoms with Gasteiger partial charge in [-0.15, -0.1) is 0 Å². The molecule has 1 atom stereocenters. The Morgan fingerprint density at radius 1 is 1.37 bits per heavy atom. The number of aryl methyl sites for hydroxylation is 1. The van der Waals surface area contributed by atoms with E-state index in [0.717, 1.165) is 30.8 Å². The number of hydrogen-bond donors (Lipinski definition) is 2. The van der Waals surface area contributed by atoms with Gasteiger partial charge in [0.05, 0.1) is 5.60 Å². The van der Waals surface area contributed by atoms with Crippen LogP contribution in [0.25, 0.3) is 0 Å². The molecule has 1 aromatic rings. The van der Waals surface area contributed by atoms with Gasteiger partial charge in [0.2, 0.25) is 5.91 Å². The summed E-state index contributed by atoms with van der Waals surface area (Å²) in [5.74, 6) is 1.76. The number of rotatable bonds is 6. The van der Waals surface area contributed by atoms with Gasteiger partial charge >= 0.3 is 0 Å². The summed E-state index contributed by atoms with van der Waals surface area (Å²) in [7, 11) is 0. The maximum absolute atomic E-state index is 11.7. The molecule has 4 heteroatoms. The SMILES string of the molecule is O=C(CCCc1ccccc1)NCC1(O)CCSC1. The average molecular weight is 279 g/mol. The molecule has 1 aliphatic rings. The zero-order chi connectivity index (χ0) is 13.6. The highest BCUT2D eigenvalue weighted by Gasteiger charge is 2.31. The van der Waals surface area contributed by atoms with Gasteiger partial charge in [0, 0.05) is 18.7 Å². The first kappa shape index (κ1) is 14.4. The third-order valence-electron chi connectivity index (χ3n) is 3.41. The van der Waals surface area contributed by atoms with Crippen molar-refractivity contribution in [2.24, 2.45) is 0 Å². The number of thioether (sulfide) groups is 1. The van der Waals surface area contributed by atoms with Gasteiger partial charge < -0.3 is 10.4 Å². The fourth-order valence-electron chi connectivity index (χ4n) is 2.19. The first-order chi connectivity index (χ1) is 9.18. The van der Waals surface area contributed by atoms with E-state index < -0.39 is 5.60 Å². The molecule has 19 heavy (non-hydrogen) atoms. The van der Waals surface area contributed by atoms with Crippen LogP contribution in [0.1, 0.15) is 24.8 Å². The topological polar surface area (TPSA) is 49.3 Å². The van der Waals surface area contributed by atoms with E-state index in [1.165, 1.54) is 5.56 Å². The fourth-order valence-corrected chi connectivity index (χ4v) is 3.48. The number of nitrogens with one attached hydrogen (secondary N) is 1. The molecular formula is C15H21NO2S. The fraction of sp³-hybridized carbons (Fsp3) is 0.533. The monoisotopic (exact) mass is 279 g/mol. The zero-order valence-electron chi connectivity index (χ0n) is 11.1. The summed E-state index contributed by atoms with van der Waals surface area (Å²) < 4.78 is 0. The van der Waals surface area contributed by atoms with E-state index in [1.807, 2.05) is 18.2 Å². The highest BCUT2D eigenvalue weighted by molar-refractivity contribution is 7.99. The molecule has 1 fully saturated rings. The van der Waals surface area contributed by atoms with Gasteiger partial charge in [-0.1, -0.05) is 30.3 Å². The lowest BCUT2D eigenvalue weighted by Crippen LogP contribution is -2.42. The van der Waals surface area contributed by atoms with Crippen LogP contribution < -0.4 is 5.32 Å². The summed E-state index contributed by atoms with van der Waals surface area (Å²) in [6.45, 7) is 0.393. The number of hydrogen-bond acceptors (Lipinski definition) is 3. The van der Waals surface area contributed by atoms with Gasteiger partial charge in [0.25, 0.3) is 0 Å². The molecule has 1 amide bonds. The van der Waals surface area contributed by atoms with Crippen molar-refractivity contribution in [3.05, 3.63) is 35.9 Å². The van der Waals surface area contributed by atoms with Crippen LogP contribution in [0, 0.1) is 0 Å². The predicted octanol–water partition coefficient (Wildman–Crippen LogP) is 1.99. The van der Waals surface area contributed by atoms with Crippen molar-refractivity contribution in [3.8, 4) is 0 Å². The number of carbonyl (C=O) groups is 1. The summed E-state index contributed by atoms with van der Waals surface area (Å²) in [4.78, 5) is 11.7. The van der Waals surface area contributed by atoms with Crippen LogP contribution in [0.5, 0.6) is 0 Å². The second-order valence-corrected chi connectivity index (χ2v) is 6.25. The lowest BCUT2D eigenvalue weighted by Gasteiger charge is -2.21. The van der Waals surface area contributed by atoms with Gasteiger partial charge in [0.15, 0.2) is 0 Å². The Balaban J connectivity index is 1.62. The molecule has 3 nitrogen and oxygen atoms in total. The van der Waals surface area contributed by atoms with Crippen molar-refractivity contribution in [2.45, 2.75) is 31.3 Å². The molecule has 1 aliphatic heterocycles. The van der Waals surface area contributed by atoms with E-state index in [2.05, 4.69) is 17.4 Å². The largest absolute Gasteiger partial charge is 0.387 e. The Morgan fingerprint density at radius 3 is 2.84 bits per heavy atom. The lowest BCUT2D eigenvalue weighted by atomic mass is 10.0. The van der Waals surface area contributed by atoms with Gasteiger partial charge in [0.1, 0.15) is 0 Å². The quantitative estimate of drug-likeness (QED) is 0.837. The zero-order valence-corrected chi connectivity index (χ0v) is 11.9. The normalized spacial score (nSPS) is 22.4. The number of amides is 1. The smallest absolute Gasteiger partial charge is 0.220 e. The van der Waals surface area contributed by atoms with Gasteiger partial charge in [-0.3, -0.25) is 4.79 Å². The summed E-state index contributed by atoms with van der Waals surface area (Å²) in [5, 5.41) is 13.0. The van der Waals surface area contributed by atoms with Crippen LogP contribution in [0.4, 0.5) is 0 Å². The van der Waals surface area contributed by atoms with Crippen molar-refractivity contribution in [3.63, 3.8) is 0 Å². The Kier molecular flexibility index (Phi) is 5.28. The number of benzene rings is 1. The van der Waals surface area contributed by atoms with Crippen LogP contribution in [0.2, 0.25) is 0 Å². The Hall–Kier alpha value is -1.00. The molecule has 0 radical (unpaired) electrons. The first-order valence-electron chi connectivity index (χ1n) is 6.79.